The first-order valence-corrected chi connectivity index (χ1v) is 10.2. The van der Waals surface area contributed by atoms with Gasteiger partial charge in [0.05, 0.1) is 5.92 Å². The minimum absolute atomic E-state index is 0.243. The lowest BCUT2D eigenvalue weighted by molar-refractivity contribution is -0.143. The lowest BCUT2D eigenvalue weighted by atomic mass is 9.81. The van der Waals surface area contributed by atoms with E-state index in [1.165, 1.54) is 0 Å². The summed E-state index contributed by atoms with van der Waals surface area (Å²) >= 11 is 0. The van der Waals surface area contributed by atoms with Crippen molar-refractivity contribution in [3.8, 4) is 0 Å². The minimum Gasteiger partial charge on any atom is -0.481 e. The van der Waals surface area contributed by atoms with Gasteiger partial charge in [0.15, 0.2) is 5.82 Å². The second-order valence-corrected chi connectivity index (χ2v) is 8.29. The number of aliphatic hydroxyl groups is 1. The summed E-state index contributed by atoms with van der Waals surface area (Å²) in [7, 11) is 0. The molecule has 0 unspecified atom stereocenters. The van der Waals surface area contributed by atoms with E-state index >= 15 is 0 Å². The van der Waals surface area contributed by atoms with Gasteiger partial charge in [-0.3, -0.25) is 4.79 Å². The number of aromatic nitrogens is 5. The molecule has 0 bridgehead atoms. The maximum atomic E-state index is 11.9. The number of aromatic amines is 1. The maximum absolute atomic E-state index is 11.9. The normalized spacial score (nSPS) is 17.4. The van der Waals surface area contributed by atoms with Crippen molar-refractivity contribution in [3.05, 3.63) is 29.7 Å². The SMILES string of the molecule is CC(C)C[C@H](C(=O)O)[C@H](Cc1ccc(N2CCC(CO)CC2)nc1)c1nn[nH]n1. The summed E-state index contributed by atoms with van der Waals surface area (Å²) in [5.41, 5.74) is 0.948. The smallest absolute Gasteiger partial charge is 0.307 e. The van der Waals surface area contributed by atoms with Gasteiger partial charge >= 0.3 is 5.97 Å². The lowest BCUT2D eigenvalue weighted by Crippen LogP contribution is -2.35. The monoisotopic (exact) mass is 402 g/mol. The fourth-order valence-electron chi connectivity index (χ4n) is 4.01. The number of nitrogens with zero attached hydrogens (tertiary/aromatic N) is 5. The van der Waals surface area contributed by atoms with Crippen LogP contribution < -0.4 is 4.90 Å². The molecule has 1 aliphatic rings. The number of carbonyl (C=O) groups is 1. The van der Waals surface area contributed by atoms with Gasteiger partial charge in [-0.1, -0.05) is 25.1 Å². The van der Waals surface area contributed by atoms with Crippen molar-refractivity contribution in [2.75, 3.05) is 24.6 Å². The summed E-state index contributed by atoms with van der Waals surface area (Å²) < 4.78 is 0. The summed E-state index contributed by atoms with van der Waals surface area (Å²) in [6.45, 7) is 6.05. The van der Waals surface area contributed by atoms with Gasteiger partial charge < -0.3 is 15.1 Å². The van der Waals surface area contributed by atoms with Crippen LogP contribution in [0, 0.1) is 17.8 Å². The Morgan fingerprint density at radius 3 is 2.59 bits per heavy atom. The van der Waals surface area contributed by atoms with Crippen LogP contribution in [0.25, 0.3) is 0 Å². The Morgan fingerprint density at radius 2 is 2.07 bits per heavy atom. The fraction of sp³-hybridized carbons (Fsp3) is 0.650. The van der Waals surface area contributed by atoms with Crippen LogP contribution in [-0.2, 0) is 11.2 Å². The van der Waals surface area contributed by atoms with Gasteiger partial charge in [0, 0.05) is 31.8 Å². The highest BCUT2D eigenvalue weighted by atomic mass is 16.4. The second-order valence-electron chi connectivity index (χ2n) is 8.29. The van der Waals surface area contributed by atoms with Crippen LogP contribution in [0.5, 0.6) is 0 Å². The number of H-pyrrole nitrogens is 1. The van der Waals surface area contributed by atoms with Crippen LogP contribution in [0.2, 0.25) is 0 Å². The van der Waals surface area contributed by atoms with E-state index in [1.807, 2.05) is 32.2 Å². The number of anilines is 1. The molecule has 158 valence electrons. The van der Waals surface area contributed by atoms with Gasteiger partial charge in [0.25, 0.3) is 0 Å². The van der Waals surface area contributed by atoms with Gasteiger partial charge in [0.2, 0.25) is 0 Å². The minimum atomic E-state index is -0.843. The number of nitrogens with one attached hydrogen (secondary N) is 1. The Bertz CT molecular complexity index is 757. The van der Waals surface area contributed by atoms with E-state index in [1.54, 1.807) is 0 Å². The highest BCUT2D eigenvalue weighted by molar-refractivity contribution is 5.71. The van der Waals surface area contributed by atoms with Crippen molar-refractivity contribution in [1.82, 2.24) is 25.6 Å². The predicted molar refractivity (Wildman–Crippen MR) is 107 cm³/mol. The molecule has 0 radical (unpaired) electrons. The van der Waals surface area contributed by atoms with Gasteiger partial charge in [-0.2, -0.15) is 5.21 Å². The summed E-state index contributed by atoms with van der Waals surface area (Å²) in [6, 6.07) is 3.99. The molecule has 0 saturated carbocycles. The molecule has 3 N–H and O–H groups in total. The number of pyridine rings is 1. The zero-order valence-electron chi connectivity index (χ0n) is 17.0. The van der Waals surface area contributed by atoms with Crippen LogP contribution >= 0.6 is 0 Å². The molecular formula is C20H30N6O3. The molecule has 0 amide bonds. The summed E-state index contributed by atoms with van der Waals surface area (Å²) in [4.78, 5) is 18.8. The number of hydrogen-bond donors (Lipinski definition) is 3. The number of rotatable bonds is 9. The lowest BCUT2D eigenvalue weighted by Gasteiger charge is -2.32. The molecular weight excluding hydrogens is 372 g/mol. The largest absolute Gasteiger partial charge is 0.481 e. The number of piperidine rings is 1. The van der Waals surface area contributed by atoms with E-state index in [4.69, 9.17) is 0 Å². The number of hydrogen-bond acceptors (Lipinski definition) is 7. The predicted octanol–water partition coefficient (Wildman–Crippen LogP) is 1.88. The van der Waals surface area contributed by atoms with Crippen LogP contribution in [0.1, 0.15) is 50.4 Å². The molecule has 9 heteroatoms. The fourth-order valence-corrected chi connectivity index (χ4v) is 4.01. The zero-order chi connectivity index (χ0) is 20.8. The molecule has 2 atom stereocenters. The van der Waals surface area contributed by atoms with Gasteiger partial charge in [-0.25, -0.2) is 4.98 Å². The average molecular weight is 402 g/mol. The third-order valence-electron chi connectivity index (χ3n) is 5.68. The number of carboxylic acids is 1. The first kappa shape index (κ1) is 21.2. The molecule has 9 nitrogen and oxygen atoms in total. The highest BCUT2D eigenvalue weighted by Gasteiger charge is 2.33. The van der Waals surface area contributed by atoms with Crippen LogP contribution in [-0.4, -0.2) is 61.5 Å². The molecule has 2 aromatic rings. The maximum Gasteiger partial charge on any atom is 0.307 e. The van der Waals surface area contributed by atoms with Crippen molar-refractivity contribution in [3.63, 3.8) is 0 Å². The Balaban J connectivity index is 1.73. The Kier molecular flexibility index (Phi) is 7.13. The topological polar surface area (TPSA) is 128 Å². The number of aliphatic carboxylic acids is 1. The van der Waals surface area contributed by atoms with Crippen molar-refractivity contribution in [1.29, 1.82) is 0 Å². The Hall–Kier alpha value is -2.55. The van der Waals surface area contributed by atoms with Crippen LogP contribution in [0.3, 0.4) is 0 Å². The second kappa shape index (κ2) is 9.78. The molecule has 29 heavy (non-hydrogen) atoms. The molecule has 0 aliphatic carbocycles. The first-order valence-electron chi connectivity index (χ1n) is 10.2. The molecule has 3 rings (SSSR count). The molecule has 0 aromatic carbocycles. The van der Waals surface area contributed by atoms with Crippen LogP contribution in [0.4, 0.5) is 5.82 Å². The van der Waals surface area contributed by atoms with Crippen molar-refractivity contribution in [2.45, 2.75) is 45.4 Å². The van der Waals surface area contributed by atoms with E-state index in [2.05, 4.69) is 30.5 Å². The van der Waals surface area contributed by atoms with Gasteiger partial charge in [-0.15, -0.1) is 10.2 Å². The number of aliphatic hydroxyl groups excluding tert-OH is 1. The van der Waals surface area contributed by atoms with E-state index in [-0.39, 0.29) is 18.4 Å². The molecule has 2 aromatic heterocycles. The number of carboxylic acid groups (broad SMARTS) is 1. The summed E-state index contributed by atoms with van der Waals surface area (Å²) in [6.07, 6.45) is 4.78. The van der Waals surface area contributed by atoms with Gasteiger partial charge in [0.1, 0.15) is 5.82 Å². The highest BCUT2D eigenvalue weighted by Crippen LogP contribution is 2.31. The van der Waals surface area contributed by atoms with E-state index in [0.717, 1.165) is 37.3 Å². The third kappa shape index (κ3) is 5.50. The molecule has 1 saturated heterocycles. The third-order valence-corrected chi connectivity index (χ3v) is 5.68. The molecule has 3 heterocycles. The number of tetrazole rings is 1. The van der Waals surface area contributed by atoms with Crippen molar-refractivity contribution >= 4 is 11.8 Å². The zero-order valence-corrected chi connectivity index (χ0v) is 17.0. The quantitative estimate of drug-likeness (QED) is 0.580. The molecule has 0 spiro atoms. The van der Waals surface area contributed by atoms with E-state index in [9.17, 15) is 15.0 Å². The summed E-state index contributed by atoms with van der Waals surface area (Å²) in [5, 5.41) is 33.3. The average Bonchev–Trinajstić information content (AvgIpc) is 3.25. The standard InChI is InChI=1S/C20H30N6O3/c1-13(2)9-17(20(28)29)16(19-22-24-25-23-19)10-15-3-4-18(21-11-15)26-7-5-14(12-27)6-8-26/h3-4,11,13-14,16-17,27H,5-10,12H2,1-2H3,(H,28,29)(H,22,23,24,25)/t16-,17-/m0/s1. The Labute approximate surface area is 170 Å². The summed E-state index contributed by atoms with van der Waals surface area (Å²) in [5.74, 6) is 0.158. The van der Waals surface area contributed by atoms with Crippen molar-refractivity contribution < 1.29 is 15.0 Å². The van der Waals surface area contributed by atoms with Crippen LogP contribution in [0.15, 0.2) is 18.3 Å². The van der Waals surface area contributed by atoms with Gasteiger partial charge in [-0.05, 0) is 49.1 Å². The first-order chi connectivity index (χ1) is 14.0. The molecule has 1 fully saturated rings. The van der Waals surface area contributed by atoms with E-state index in [0.29, 0.717) is 24.6 Å². The molecule has 1 aliphatic heterocycles. The van der Waals surface area contributed by atoms with Crippen molar-refractivity contribution in [2.24, 2.45) is 17.8 Å². The van der Waals surface area contributed by atoms with E-state index < -0.39 is 11.9 Å². The Morgan fingerprint density at radius 1 is 1.31 bits per heavy atom.